The molecule has 5 aromatic carbocycles. The minimum absolute atomic E-state index is 0.127. The number of hydrogen-bond donors (Lipinski definition) is 0. The van der Waals surface area contributed by atoms with Crippen molar-refractivity contribution in [1.29, 1.82) is 0 Å². The molecule has 2 nitrogen and oxygen atoms in total. The van der Waals surface area contributed by atoms with Crippen LogP contribution in [0.15, 0.2) is 108 Å². The monoisotopic (exact) mass is 449 g/mol. The van der Waals surface area contributed by atoms with Crippen LogP contribution in [0.25, 0.3) is 60.6 Å². The zero-order valence-electron chi connectivity index (χ0n) is 19.7. The standard InChI is InChI=1S/C33H23NO/c1-33(2)27-18-25-23-11-5-7-13-28(23)34(22-16-15-20-9-3-4-10-21(20)17-22)29(25)19-26(27)32-31(33)24-12-6-8-14-30(24)35-32/h3-19H,1-2H3. The lowest BCUT2D eigenvalue weighted by molar-refractivity contribution is 0.619. The highest BCUT2D eigenvalue weighted by Gasteiger charge is 2.40. The molecule has 0 saturated heterocycles. The Bertz CT molecular complexity index is 1980. The molecule has 7 aromatic rings. The van der Waals surface area contributed by atoms with E-state index in [-0.39, 0.29) is 5.41 Å². The summed E-state index contributed by atoms with van der Waals surface area (Å²) in [5.74, 6) is 1.02. The van der Waals surface area contributed by atoms with Crippen molar-refractivity contribution in [3.05, 3.63) is 114 Å². The van der Waals surface area contributed by atoms with E-state index in [4.69, 9.17) is 4.42 Å². The van der Waals surface area contributed by atoms with Crippen LogP contribution in [0.5, 0.6) is 0 Å². The fourth-order valence-corrected chi connectivity index (χ4v) is 6.30. The van der Waals surface area contributed by atoms with Gasteiger partial charge in [-0.15, -0.1) is 0 Å². The van der Waals surface area contributed by atoms with Gasteiger partial charge in [-0.05, 0) is 52.7 Å². The second-order valence-electron chi connectivity index (χ2n) is 10.2. The smallest absolute Gasteiger partial charge is 0.139 e. The lowest BCUT2D eigenvalue weighted by atomic mass is 9.81. The van der Waals surface area contributed by atoms with Gasteiger partial charge in [-0.25, -0.2) is 0 Å². The maximum atomic E-state index is 6.49. The van der Waals surface area contributed by atoms with Crippen LogP contribution in [0.4, 0.5) is 0 Å². The van der Waals surface area contributed by atoms with E-state index in [1.807, 2.05) is 0 Å². The summed E-state index contributed by atoms with van der Waals surface area (Å²) in [7, 11) is 0. The highest BCUT2D eigenvalue weighted by atomic mass is 16.3. The third-order valence-corrected chi connectivity index (χ3v) is 7.94. The van der Waals surface area contributed by atoms with E-state index < -0.39 is 0 Å². The molecule has 0 fully saturated rings. The fourth-order valence-electron chi connectivity index (χ4n) is 6.30. The molecule has 2 heterocycles. The van der Waals surface area contributed by atoms with Crippen molar-refractivity contribution >= 4 is 43.5 Å². The first-order chi connectivity index (χ1) is 17.1. The predicted octanol–water partition coefficient (Wildman–Crippen LogP) is 8.99. The molecule has 166 valence electrons. The number of aromatic nitrogens is 1. The molecule has 0 unspecified atom stereocenters. The van der Waals surface area contributed by atoms with Gasteiger partial charge in [0.1, 0.15) is 11.3 Å². The van der Waals surface area contributed by atoms with E-state index in [2.05, 4.69) is 122 Å². The van der Waals surface area contributed by atoms with Crippen LogP contribution >= 0.6 is 0 Å². The second kappa shape index (κ2) is 6.43. The zero-order chi connectivity index (χ0) is 23.3. The maximum absolute atomic E-state index is 6.49. The van der Waals surface area contributed by atoms with Gasteiger partial charge in [-0.3, -0.25) is 0 Å². The summed E-state index contributed by atoms with van der Waals surface area (Å²) in [6, 6.07) is 37.3. The fraction of sp³-hybridized carbons (Fsp3) is 0.0909. The van der Waals surface area contributed by atoms with E-state index >= 15 is 0 Å². The summed E-state index contributed by atoms with van der Waals surface area (Å²) in [5.41, 5.74) is 8.30. The Balaban J connectivity index is 1.50. The zero-order valence-corrected chi connectivity index (χ0v) is 19.7. The average Bonchev–Trinajstić information content (AvgIpc) is 3.50. The third kappa shape index (κ3) is 2.39. The first-order valence-electron chi connectivity index (χ1n) is 12.2. The molecule has 0 spiro atoms. The van der Waals surface area contributed by atoms with Crippen LogP contribution < -0.4 is 0 Å². The molecule has 0 bridgehead atoms. The van der Waals surface area contributed by atoms with Gasteiger partial charge in [0.15, 0.2) is 0 Å². The normalized spacial score (nSPS) is 14.2. The van der Waals surface area contributed by atoms with Crippen LogP contribution in [-0.2, 0) is 5.41 Å². The van der Waals surface area contributed by atoms with E-state index in [1.54, 1.807) is 0 Å². The van der Waals surface area contributed by atoms with Gasteiger partial charge in [0.25, 0.3) is 0 Å². The van der Waals surface area contributed by atoms with E-state index in [9.17, 15) is 0 Å². The molecule has 8 rings (SSSR count). The van der Waals surface area contributed by atoms with Crippen molar-refractivity contribution in [2.24, 2.45) is 0 Å². The summed E-state index contributed by atoms with van der Waals surface area (Å²) in [5, 5.41) is 6.29. The number of para-hydroxylation sites is 2. The molecule has 0 saturated carbocycles. The molecule has 1 aliphatic carbocycles. The molecule has 2 heteroatoms. The summed E-state index contributed by atoms with van der Waals surface area (Å²) >= 11 is 0. The maximum Gasteiger partial charge on any atom is 0.139 e. The Morgan fingerprint density at radius 3 is 2.26 bits per heavy atom. The Kier molecular flexibility index (Phi) is 3.50. The molecule has 0 amide bonds. The van der Waals surface area contributed by atoms with Gasteiger partial charge in [0, 0.05) is 38.4 Å². The van der Waals surface area contributed by atoms with E-state index in [1.165, 1.54) is 60.3 Å². The van der Waals surface area contributed by atoms with Crippen molar-refractivity contribution in [2.75, 3.05) is 0 Å². The van der Waals surface area contributed by atoms with Crippen LogP contribution in [0.3, 0.4) is 0 Å². The average molecular weight is 450 g/mol. The number of hydrogen-bond acceptors (Lipinski definition) is 1. The molecule has 0 radical (unpaired) electrons. The van der Waals surface area contributed by atoms with E-state index in [0.717, 1.165) is 11.3 Å². The minimum atomic E-state index is -0.127. The highest BCUT2D eigenvalue weighted by Crippen LogP contribution is 2.54. The van der Waals surface area contributed by atoms with Crippen LogP contribution in [0.2, 0.25) is 0 Å². The minimum Gasteiger partial charge on any atom is -0.456 e. The summed E-state index contributed by atoms with van der Waals surface area (Å²) in [6.07, 6.45) is 0. The number of nitrogens with zero attached hydrogens (tertiary/aromatic N) is 1. The molecule has 0 N–H and O–H groups in total. The van der Waals surface area contributed by atoms with Gasteiger partial charge in [-0.2, -0.15) is 0 Å². The summed E-state index contributed by atoms with van der Waals surface area (Å²) in [4.78, 5) is 0. The number of furan rings is 1. The second-order valence-corrected chi connectivity index (χ2v) is 10.2. The SMILES string of the molecule is CC1(C)c2cc3c4ccccc4n(-c4ccc5ccccc5c4)c3cc2-c2oc3ccccc3c21. The Hall–Kier alpha value is -4.30. The first-order valence-corrected chi connectivity index (χ1v) is 12.2. The summed E-state index contributed by atoms with van der Waals surface area (Å²) in [6.45, 7) is 4.65. The number of fused-ring (bicyclic) bond motifs is 9. The van der Waals surface area contributed by atoms with Gasteiger partial charge >= 0.3 is 0 Å². The quantitative estimate of drug-likeness (QED) is 0.244. The highest BCUT2D eigenvalue weighted by molar-refractivity contribution is 6.12. The predicted molar refractivity (Wildman–Crippen MR) is 146 cm³/mol. The Morgan fingerprint density at radius 1 is 0.629 bits per heavy atom. The Morgan fingerprint density at radius 2 is 1.37 bits per heavy atom. The third-order valence-electron chi connectivity index (χ3n) is 7.94. The lowest BCUT2D eigenvalue weighted by Crippen LogP contribution is -2.14. The lowest BCUT2D eigenvalue weighted by Gasteiger charge is -2.21. The van der Waals surface area contributed by atoms with Crippen LogP contribution in [-0.4, -0.2) is 4.57 Å². The first kappa shape index (κ1) is 19.1. The van der Waals surface area contributed by atoms with Gasteiger partial charge < -0.3 is 8.98 Å². The number of rotatable bonds is 1. The molecule has 1 aliphatic rings. The van der Waals surface area contributed by atoms with Gasteiger partial charge in [0.05, 0.1) is 11.0 Å². The topological polar surface area (TPSA) is 18.1 Å². The molecule has 0 atom stereocenters. The van der Waals surface area contributed by atoms with Crippen molar-refractivity contribution in [3.8, 4) is 17.0 Å². The van der Waals surface area contributed by atoms with E-state index in [0.29, 0.717) is 0 Å². The summed E-state index contributed by atoms with van der Waals surface area (Å²) < 4.78 is 8.90. The Labute approximate surface area is 203 Å². The van der Waals surface area contributed by atoms with Crippen molar-refractivity contribution in [3.63, 3.8) is 0 Å². The van der Waals surface area contributed by atoms with Crippen molar-refractivity contribution < 1.29 is 4.42 Å². The van der Waals surface area contributed by atoms with Crippen molar-refractivity contribution in [2.45, 2.75) is 19.3 Å². The molecular weight excluding hydrogens is 426 g/mol. The molecular formula is C33H23NO. The van der Waals surface area contributed by atoms with Crippen LogP contribution in [0, 0.1) is 0 Å². The van der Waals surface area contributed by atoms with Gasteiger partial charge in [0.2, 0.25) is 0 Å². The van der Waals surface area contributed by atoms with Gasteiger partial charge in [-0.1, -0.05) is 80.6 Å². The largest absolute Gasteiger partial charge is 0.456 e. The number of benzene rings is 5. The molecule has 2 aromatic heterocycles. The van der Waals surface area contributed by atoms with Crippen molar-refractivity contribution in [1.82, 2.24) is 4.57 Å². The molecule has 35 heavy (non-hydrogen) atoms. The van der Waals surface area contributed by atoms with Crippen LogP contribution in [0.1, 0.15) is 25.0 Å². The molecule has 0 aliphatic heterocycles.